The number of hydrogen-bond donors (Lipinski definition) is 1. The van der Waals surface area contributed by atoms with Crippen LogP contribution in [0, 0.1) is 0 Å². The maximum atomic E-state index is 6.26. The van der Waals surface area contributed by atoms with Gasteiger partial charge in [0.1, 0.15) is 5.82 Å². The number of halogens is 1. The van der Waals surface area contributed by atoms with Crippen molar-refractivity contribution in [1.82, 2.24) is 15.2 Å². The minimum atomic E-state index is 0.704. The zero-order valence-corrected chi connectivity index (χ0v) is 12.9. The van der Waals surface area contributed by atoms with E-state index in [4.69, 9.17) is 11.6 Å². The molecule has 0 amide bonds. The topological polar surface area (TPSA) is 31.4 Å². The lowest BCUT2D eigenvalue weighted by molar-refractivity contribution is 0.270. The smallest absolute Gasteiger partial charge is 0.128 e. The molecule has 5 heteroatoms. The Morgan fingerprint density at radius 3 is 2.70 bits per heavy atom. The number of likely N-dealkylation sites (N-methyl/N-ethyl adjacent to an activating group) is 1. The van der Waals surface area contributed by atoms with Crippen LogP contribution < -0.4 is 10.2 Å². The van der Waals surface area contributed by atoms with Crippen molar-refractivity contribution in [1.29, 1.82) is 0 Å². The fourth-order valence-electron chi connectivity index (χ4n) is 2.61. The predicted molar refractivity (Wildman–Crippen MR) is 83.4 cm³/mol. The summed E-state index contributed by atoms with van der Waals surface area (Å²) < 4.78 is 0. The fourth-order valence-corrected chi connectivity index (χ4v) is 2.78. The van der Waals surface area contributed by atoms with Gasteiger partial charge in [0.15, 0.2) is 0 Å². The summed E-state index contributed by atoms with van der Waals surface area (Å²) >= 11 is 6.26. The van der Waals surface area contributed by atoms with Crippen LogP contribution in [0.15, 0.2) is 12.3 Å². The van der Waals surface area contributed by atoms with Gasteiger partial charge in [-0.05, 0) is 31.0 Å². The zero-order chi connectivity index (χ0) is 13.9. The van der Waals surface area contributed by atoms with E-state index < -0.39 is 0 Å². The number of hydrogen-bond acceptors (Lipinski definition) is 4. The zero-order valence-electron chi connectivity index (χ0n) is 12.1. The number of nitrogens with zero attached hydrogens (tertiary/aromatic N) is 3. The third-order valence-electron chi connectivity index (χ3n) is 4.22. The summed E-state index contributed by atoms with van der Waals surface area (Å²) in [5, 5.41) is 4.29. The molecule has 1 aromatic rings. The third-order valence-corrected chi connectivity index (χ3v) is 4.56. The second kappa shape index (κ2) is 6.29. The molecule has 0 radical (unpaired) electrons. The standard InChI is InChI=1S/C15H23ClN4/c1-2-19-5-7-20(8-6-19)15-9-12(14(16)11-18-15)10-17-13-3-4-13/h9,11,13,17H,2-8,10H2,1H3. The summed E-state index contributed by atoms with van der Waals surface area (Å²) in [5.41, 5.74) is 1.17. The lowest BCUT2D eigenvalue weighted by Crippen LogP contribution is -2.46. The highest BCUT2D eigenvalue weighted by Crippen LogP contribution is 2.24. The Hall–Kier alpha value is -0.840. The lowest BCUT2D eigenvalue weighted by atomic mass is 10.2. The molecule has 3 rings (SSSR count). The molecule has 110 valence electrons. The minimum Gasteiger partial charge on any atom is -0.354 e. The van der Waals surface area contributed by atoms with E-state index in [2.05, 4.69) is 33.1 Å². The van der Waals surface area contributed by atoms with Gasteiger partial charge in [0.25, 0.3) is 0 Å². The Kier molecular flexibility index (Phi) is 4.44. The van der Waals surface area contributed by atoms with Gasteiger partial charge in [0.05, 0.1) is 5.02 Å². The molecule has 1 N–H and O–H groups in total. The summed E-state index contributed by atoms with van der Waals surface area (Å²) in [6.45, 7) is 8.56. The van der Waals surface area contributed by atoms with Crippen LogP contribution in [0.5, 0.6) is 0 Å². The average molecular weight is 295 g/mol. The second-order valence-electron chi connectivity index (χ2n) is 5.71. The van der Waals surface area contributed by atoms with Gasteiger partial charge in [-0.1, -0.05) is 18.5 Å². The van der Waals surface area contributed by atoms with Crippen LogP contribution >= 0.6 is 11.6 Å². The number of aromatic nitrogens is 1. The maximum Gasteiger partial charge on any atom is 0.128 e. The van der Waals surface area contributed by atoms with Crippen molar-refractivity contribution in [3.8, 4) is 0 Å². The predicted octanol–water partition coefficient (Wildman–Crippen LogP) is 2.13. The molecule has 0 bridgehead atoms. The molecule has 1 aliphatic carbocycles. The summed E-state index contributed by atoms with van der Waals surface area (Å²) in [6, 6.07) is 2.86. The van der Waals surface area contributed by atoms with Gasteiger partial charge in [0.2, 0.25) is 0 Å². The van der Waals surface area contributed by atoms with E-state index in [9.17, 15) is 0 Å². The monoisotopic (exact) mass is 294 g/mol. The molecule has 20 heavy (non-hydrogen) atoms. The SMILES string of the molecule is CCN1CCN(c2cc(CNC3CC3)c(Cl)cn2)CC1. The van der Waals surface area contributed by atoms with Gasteiger partial charge in [0, 0.05) is 45.0 Å². The van der Waals surface area contributed by atoms with Gasteiger partial charge >= 0.3 is 0 Å². The van der Waals surface area contributed by atoms with Crippen molar-refractivity contribution in [3.63, 3.8) is 0 Å². The number of piperazine rings is 1. The molecule has 0 spiro atoms. The molecule has 1 aliphatic heterocycles. The largest absolute Gasteiger partial charge is 0.354 e. The van der Waals surface area contributed by atoms with Gasteiger partial charge in [-0.25, -0.2) is 4.98 Å². The second-order valence-corrected chi connectivity index (χ2v) is 6.12. The number of pyridine rings is 1. The molecular formula is C15H23ClN4. The van der Waals surface area contributed by atoms with Crippen LogP contribution in [-0.4, -0.2) is 48.6 Å². The minimum absolute atomic E-state index is 0.704. The molecule has 2 fully saturated rings. The van der Waals surface area contributed by atoms with E-state index in [1.165, 1.54) is 18.4 Å². The lowest BCUT2D eigenvalue weighted by Gasteiger charge is -2.35. The van der Waals surface area contributed by atoms with E-state index in [0.29, 0.717) is 6.04 Å². The van der Waals surface area contributed by atoms with E-state index >= 15 is 0 Å². The first-order valence-electron chi connectivity index (χ1n) is 7.61. The molecule has 2 aliphatic rings. The van der Waals surface area contributed by atoms with Crippen LogP contribution in [-0.2, 0) is 6.54 Å². The molecule has 0 unspecified atom stereocenters. The normalized spacial score (nSPS) is 20.4. The molecule has 0 aromatic carbocycles. The van der Waals surface area contributed by atoms with Crippen LogP contribution in [0.1, 0.15) is 25.3 Å². The molecule has 2 heterocycles. The molecule has 1 saturated carbocycles. The van der Waals surface area contributed by atoms with Crippen LogP contribution in [0.3, 0.4) is 0 Å². The molecular weight excluding hydrogens is 272 g/mol. The van der Waals surface area contributed by atoms with E-state index in [0.717, 1.165) is 50.1 Å². The van der Waals surface area contributed by atoms with E-state index in [-0.39, 0.29) is 0 Å². The van der Waals surface area contributed by atoms with Gasteiger partial charge in [-0.15, -0.1) is 0 Å². The molecule has 0 atom stereocenters. The number of anilines is 1. The van der Waals surface area contributed by atoms with Crippen LogP contribution in [0.4, 0.5) is 5.82 Å². The van der Waals surface area contributed by atoms with E-state index in [1.54, 1.807) is 6.20 Å². The molecule has 4 nitrogen and oxygen atoms in total. The Labute approximate surface area is 126 Å². The van der Waals surface area contributed by atoms with Crippen LogP contribution in [0.2, 0.25) is 5.02 Å². The summed E-state index contributed by atoms with van der Waals surface area (Å²) in [4.78, 5) is 9.34. The van der Waals surface area contributed by atoms with Gasteiger partial charge in [-0.2, -0.15) is 0 Å². The van der Waals surface area contributed by atoms with Crippen molar-refractivity contribution < 1.29 is 0 Å². The summed E-state index contributed by atoms with van der Waals surface area (Å²) in [5.74, 6) is 1.07. The number of nitrogens with one attached hydrogen (secondary N) is 1. The van der Waals surface area contributed by atoms with Crippen LogP contribution in [0.25, 0.3) is 0 Å². The quantitative estimate of drug-likeness (QED) is 0.901. The Bertz CT molecular complexity index is 453. The first-order valence-corrected chi connectivity index (χ1v) is 7.99. The van der Waals surface area contributed by atoms with Gasteiger partial charge in [-0.3, -0.25) is 0 Å². The Morgan fingerprint density at radius 2 is 2.05 bits per heavy atom. The Balaban J connectivity index is 1.65. The first-order chi connectivity index (χ1) is 9.76. The molecule has 1 saturated heterocycles. The maximum absolute atomic E-state index is 6.26. The van der Waals surface area contributed by atoms with E-state index in [1.807, 2.05) is 0 Å². The summed E-state index contributed by atoms with van der Waals surface area (Å²) in [6.07, 6.45) is 4.40. The number of rotatable bonds is 5. The Morgan fingerprint density at radius 1 is 1.30 bits per heavy atom. The van der Waals surface area contributed by atoms with Crippen molar-refractivity contribution in [3.05, 3.63) is 22.8 Å². The fraction of sp³-hybridized carbons (Fsp3) is 0.667. The first kappa shape index (κ1) is 14.1. The highest BCUT2D eigenvalue weighted by Gasteiger charge is 2.21. The average Bonchev–Trinajstić information content (AvgIpc) is 3.31. The van der Waals surface area contributed by atoms with Crippen molar-refractivity contribution in [2.75, 3.05) is 37.6 Å². The van der Waals surface area contributed by atoms with Crippen molar-refractivity contribution in [2.24, 2.45) is 0 Å². The van der Waals surface area contributed by atoms with Crippen molar-refractivity contribution >= 4 is 17.4 Å². The molecule has 1 aromatic heterocycles. The summed E-state index contributed by atoms with van der Waals surface area (Å²) in [7, 11) is 0. The highest BCUT2D eigenvalue weighted by molar-refractivity contribution is 6.31. The highest BCUT2D eigenvalue weighted by atomic mass is 35.5. The van der Waals surface area contributed by atoms with Crippen molar-refractivity contribution in [2.45, 2.75) is 32.4 Å². The third kappa shape index (κ3) is 3.43. The van der Waals surface area contributed by atoms with Gasteiger partial charge < -0.3 is 15.1 Å².